The number of anilines is 2. The Balaban J connectivity index is 0.00000210. The summed E-state index contributed by atoms with van der Waals surface area (Å²) < 4.78 is 0. The zero-order valence-electron chi connectivity index (χ0n) is 14.8. The van der Waals surface area contributed by atoms with Gasteiger partial charge in [-0.2, -0.15) is 0 Å². The molecule has 140 valence electrons. The van der Waals surface area contributed by atoms with Gasteiger partial charge >= 0.3 is 0 Å². The van der Waals surface area contributed by atoms with E-state index in [-0.39, 0.29) is 23.0 Å². The lowest BCUT2D eigenvalue weighted by atomic mass is 10.1. The van der Waals surface area contributed by atoms with Crippen LogP contribution in [0.1, 0.15) is 0 Å². The van der Waals surface area contributed by atoms with Crippen LogP contribution in [-0.4, -0.2) is 31.2 Å². The number of rotatable bonds is 3. The normalized spacial score (nSPS) is 14.0. The molecule has 0 amide bonds. The van der Waals surface area contributed by atoms with Crippen LogP contribution in [0.5, 0.6) is 0 Å². The molecule has 0 spiro atoms. The van der Waals surface area contributed by atoms with E-state index in [2.05, 4.69) is 57.2 Å². The van der Waals surface area contributed by atoms with Crippen molar-refractivity contribution in [1.82, 2.24) is 4.98 Å². The smallest absolute Gasteiger partial charge is 0.267 e. The minimum Gasteiger partial charge on any atom is -0.368 e. The number of H-pyrrole nitrogens is 1. The Morgan fingerprint density at radius 3 is 1.85 bits per heavy atom. The molecule has 0 atom stereocenters. The summed E-state index contributed by atoms with van der Waals surface area (Å²) in [6.45, 7) is 4.00. The highest BCUT2D eigenvalue weighted by Crippen LogP contribution is 2.24. The number of halogens is 2. The maximum Gasteiger partial charge on any atom is 0.267 e. The fourth-order valence-corrected chi connectivity index (χ4v) is 3.45. The molecule has 0 radical (unpaired) electrons. The van der Waals surface area contributed by atoms with Gasteiger partial charge in [0, 0.05) is 43.2 Å². The lowest BCUT2D eigenvalue weighted by Crippen LogP contribution is -2.46. The third-order valence-electron chi connectivity index (χ3n) is 4.81. The first-order chi connectivity index (χ1) is 12.7. The molecule has 27 heavy (non-hydrogen) atoms. The maximum absolute atomic E-state index is 11.7. The Bertz CT molecular complexity index is 934. The van der Waals surface area contributed by atoms with Crippen molar-refractivity contribution in [2.24, 2.45) is 0 Å². The van der Waals surface area contributed by atoms with Crippen molar-refractivity contribution < 1.29 is 0 Å². The van der Waals surface area contributed by atoms with Gasteiger partial charge in [-0.25, -0.2) is 0 Å². The van der Waals surface area contributed by atoms with Gasteiger partial charge in [0.2, 0.25) is 0 Å². The monoisotopic (exact) mass is 401 g/mol. The molecule has 1 aliphatic rings. The average Bonchev–Trinajstić information content (AvgIpc) is 2.71. The second-order valence-electron chi connectivity index (χ2n) is 6.41. The van der Waals surface area contributed by atoms with E-state index in [4.69, 9.17) is 11.6 Å². The number of nitrogens with one attached hydrogen (secondary N) is 1. The first-order valence-corrected chi connectivity index (χ1v) is 9.13. The van der Waals surface area contributed by atoms with Gasteiger partial charge in [-0.05, 0) is 42.0 Å². The van der Waals surface area contributed by atoms with E-state index >= 15 is 0 Å². The van der Waals surface area contributed by atoms with Crippen molar-refractivity contribution in [2.75, 3.05) is 36.0 Å². The van der Waals surface area contributed by atoms with Gasteiger partial charge in [0.1, 0.15) is 5.02 Å². The molecule has 1 fully saturated rings. The van der Waals surface area contributed by atoms with Crippen LogP contribution in [0.15, 0.2) is 71.5 Å². The highest BCUT2D eigenvalue weighted by Gasteiger charge is 2.17. The van der Waals surface area contributed by atoms with Crippen LogP contribution in [0.3, 0.4) is 0 Å². The summed E-state index contributed by atoms with van der Waals surface area (Å²) in [4.78, 5) is 19.3. The van der Waals surface area contributed by atoms with E-state index in [9.17, 15) is 4.79 Å². The van der Waals surface area contributed by atoms with Gasteiger partial charge in [0.05, 0.1) is 0 Å². The molecule has 1 aromatic heterocycles. The number of aromatic nitrogens is 1. The van der Waals surface area contributed by atoms with Crippen LogP contribution >= 0.6 is 24.0 Å². The highest BCUT2D eigenvalue weighted by atomic mass is 35.5. The number of pyridine rings is 1. The first kappa shape index (κ1) is 19.3. The van der Waals surface area contributed by atoms with Gasteiger partial charge < -0.3 is 14.8 Å². The van der Waals surface area contributed by atoms with Crippen LogP contribution < -0.4 is 15.4 Å². The SMILES string of the molecule is Cl.O=c1[nH]c(-c2ccc(N3CCN(c4ccccc4)CC3)cc2)ccc1Cl. The van der Waals surface area contributed by atoms with Gasteiger partial charge in [-0.1, -0.05) is 41.9 Å². The number of piperazine rings is 1. The van der Waals surface area contributed by atoms with Crippen molar-refractivity contribution in [3.05, 3.63) is 82.1 Å². The summed E-state index contributed by atoms with van der Waals surface area (Å²) in [6, 6.07) is 22.3. The molecule has 4 nitrogen and oxygen atoms in total. The topological polar surface area (TPSA) is 39.3 Å². The third-order valence-corrected chi connectivity index (χ3v) is 5.10. The predicted octanol–water partition coefficient (Wildman–Crippen LogP) is 4.44. The maximum atomic E-state index is 11.7. The van der Waals surface area contributed by atoms with Gasteiger partial charge in [0.15, 0.2) is 0 Å². The summed E-state index contributed by atoms with van der Waals surface area (Å²) in [5.74, 6) is 0. The van der Waals surface area contributed by atoms with E-state index in [0.29, 0.717) is 0 Å². The Kier molecular flexibility index (Phi) is 6.09. The molecule has 4 rings (SSSR count). The van der Waals surface area contributed by atoms with Crippen LogP contribution in [0.4, 0.5) is 11.4 Å². The van der Waals surface area contributed by atoms with Gasteiger partial charge in [-0.15, -0.1) is 12.4 Å². The molecule has 3 aromatic rings. The molecule has 0 bridgehead atoms. The number of nitrogens with zero attached hydrogens (tertiary/aromatic N) is 2. The number of para-hydroxylation sites is 1. The van der Waals surface area contributed by atoms with Crippen molar-refractivity contribution in [3.63, 3.8) is 0 Å². The van der Waals surface area contributed by atoms with Gasteiger partial charge in [0.25, 0.3) is 5.56 Å². The molecule has 2 heterocycles. The summed E-state index contributed by atoms with van der Waals surface area (Å²) in [7, 11) is 0. The molecule has 1 N–H and O–H groups in total. The van der Waals surface area contributed by atoms with E-state index < -0.39 is 0 Å². The second-order valence-corrected chi connectivity index (χ2v) is 6.81. The number of benzene rings is 2. The summed E-state index contributed by atoms with van der Waals surface area (Å²) >= 11 is 5.80. The van der Waals surface area contributed by atoms with Crippen LogP contribution in [0.2, 0.25) is 5.02 Å². The Morgan fingerprint density at radius 1 is 0.741 bits per heavy atom. The van der Waals surface area contributed by atoms with E-state index in [0.717, 1.165) is 37.4 Å². The molecular weight excluding hydrogens is 381 g/mol. The van der Waals surface area contributed by atoms with E-state index in [1.54, 1.807) is 6.07 Å². The number of hydrogen-bond acceptors (Lipinski definition) is 3. The predicted molar refractivity (Wildman–Crippen MR) is 116 cm³/mol. The second kappa shape index (κ2) is 8.51. The quantitative estimate of drug-likeness (QED) is 0.704. The third kappa shape index (κ3) is 4.29. The fraction of sp³-hybridized carbons (Fsp3) is 0.190. The lowest BCUT2D eigenvalue weighted by Gasteiger charge is -2.37. The van der Waals surface area contributed by atoms with Crippen molar-refractivity contribution in [2.45, 2.75) is 0 Å². The molecule has 1 saturated heterocycles. The van der Waals surface area contributed by atoms with Crippen LogP contribution in [0.25, 0.3) is 11.3 Å². The summed E-state index contributed by atoms with van der Waals surface area (Å²) in [6.07, 6.45) is 0. The zero-order chi connectivity index (χ0) is 17.9. The zero-order valence-corrected chi connectivity index (χ0v) is 16.3. The number of aromatic amines is 1. The van der Waals surface area contributed by atoms with E-state index in [1.165, 1.54) is 11.4 Å². The molecule has 1 aliphatic heterocycles. The van der Waals surface area contributed by atoms with Crippen LogP contribution in [0, 0.1) is 0 Å². The molecule has 0 unspecified atom stereocenters. The minimum atomic E-state index is -0.259. The lowest BCUT2D eigenvalue weighted by molar-refractivity contribution is 0.653. The Hall–Kier alpha value is -2.43. The molecule has 0 aliphatic carbocycles. The van der Waals surface area contributed by atoms with Gasteiger partial charge in [-0.3, -0.25) is 4.79 Å². The van der Waals surface area contributed by atoms with E-state index in [1.807, 2.05) is 18.2 Å². The summed E-state index contributed by atoms with van der Waals surface area (Å²) in [5, 5.41) is 0.210. The molecule has 2 aromatic carbocycles. The molecular formula is C21H21Cl2N3O. The summed E-state index contributed by atoms with van der Waals surface area (Å²) in [5.41, 5.74) is 3.99. The standard InChI is InChI=1S/C21H20ClN3O.ClH/c22-19-10-11-20(23-21(19)26)16-6-8-18(9-7-16)25-14-12-24(13-15-25)17-4-2-1-3-5-17;/h1-11H,12-15H2,(H,23,26);1H. The van der Waals surface area contributed by atoms with Crippen molar-refractivity contribution in [1.29, 1.82) is 0 Å². The first-order valence-electron chi connectivity index (χ1n) is 8.75. The number of hydrogen-bond donors (Lipinski definition) is 1. The van der Waals surface area contributed by atoms with Crippen molar-refractivity contribution >= 4 is 35.4 Å². The molecule has 0 saturated carbocycles. The van der Waals surface area contributed by atoms with Crippen molar-refractivity contribution in [3.8, 4) is 11.3 Å². The fourth-order valence-electron chi connectivity index (χ4n) is 3.34. The minimum absolute atomic E-state index is 0. The Labute approximate surface area is 169 Å². The highest BCUT2D eigenvalue weighted by molar-refractivity contribution is 6.30. The largest absolute Gasteiger partial charge is 0.368 e. The average molecular weight is 402 g/mol. The Morgan fingerprint density at radius 2 is 1.30 bits per heavy atom. The van der Waals surface area contributed by atoms with Crippen LogP contribution in [-0.2, 0) is 0 Å². The molecule has 6 heteroatoms.